The van der Waals surface area contributed by atoms with Gasteiger partial charge in [0.05, 0.1) is 5.56 Å². The van der Waals surface area contributed by atoms with Gasteiger partial charge in [0.25, 0.3) is 0 Å². The fourth-order valence-corrected chi connectivity index (χ4v) is 1.31. The van der Waals surface area contributed by atoms with Crippen molar-refractivity contribution in [3.63, 3.8) is 0 Å². The Morgan fingerprint density at radius 1 is 1.57 bits per heavy atom. The second-order valence-electron chi connectivity index (χ2n) is 3.04. The molecule has 0 fully saturated rings. The van der Waals surface area contributed by atoms with Gasteiger partial charge < -0.3 is 10.2 Å². The van der Waals surface area contributed by atoms with Crippen molar-refractivity contribution in [2.24, 2.45) is 0 Å². The molecule has 0 aromatic heterocycles. The van der Waals surface area contributed by atoms with Crippen LogP contribution in [0.25, 0.3) is 0 Å². The number of phenols is 1. The lowest BCUT2D eigenvalue weighted by atomic mass is 10.0. The smallest absolute Gasteiger partial charge is 0.336 e. The highest BCUT2D eigenvalue weighted by Gasteiger charge is 2.12. The quantitative estimate of drug-likeness (QED) is 0.721. The van der Waals surface area contributed by atoms with E-state index < -0.39 is 5.97 Å². The first kappa shape index (κ1) is 10.3. The van der Waals surface area contributed by atoms with E-state index in [4.69, 9.17) is 5.11 Å². The van der Waals surface area contributed by atoms with Crippen LogP contribution in [0, 0.1) is 6.92 Å². The highest BCUT2D eigenvalue weighted by atomic mass is 16.4. The van der Waals surface area contributed by atoms with E-state index in [-0.39, 0.29) is 11.3 Å². The van der Waals surface area contributed by atoms with E-state index in [1.165, 1.54) is 6.07 Å². The van der Waals surface area contributed by atoms with Gasteiger partial charge in [-0.2, -0.15) is 0 Å². The van der Waals surface area contributed by atoms with Crippen molar-refractivity contribution in [3.8, 4) is 5.75 Å². The van der Waals surface area contributed by atoms with Crippen LogP contribution in [0.5, 0.6) is 5.75 Å². The molecule has 3 heteroatoms. The number of carboxylic acids is 1. The maximum Gasteiger partial charge on any atom is 0.336 e. The summed E-state index contributed by atoms with van der Waals surface area (Å²) >= 11 is 0. The zero-order valence-corrected chi connectivity index (χ0v) is 7.95. The Morgan fingerprint density at radius 2 is 2.21 bits per heavy atom. The van der Waals surface area contributed by atoms with Crippen molar-refractivity contribution in [2.45, 2.75) is 13.3 Å². The largest absolute Gasteiger partial charge is 0.507 e. The third-order valence-corrected chi connectivity index (χ3v) is 2.11. The standard InChI is InChI=1S/C11H12O3/c1-3-4-8-5-6-9(11(13)14)7(2)10(8)12/h3,5-6,12H,1,4H2,2H3,(H,13,14). The Hall–Kier alpha value is -1.77. The summed E-state index contributed by atoms with van der Waals surface area (Å²) in [5, 5.41) is 18.4. The normalized spacial score (nSPS) is 9.79. The van der Waals surface area contributed by atoms with E-state index >= 15 is 0 Å². The van der Waals surface area contributed by atoms with Crippen LogP contribution in [0.15, 0.2) is 24.8 Å². The van der Waals surface area contributed by atoms with Gasteiger partial charge in [0.1, 0.15) is 5.75 Å². The number of rotatable bonds is 3. The number of benzene rings is 1. The van der Waals surface area contributed by atoms with Crippen LogP contribution >= 0.6 is 0 Å². The molecule has 0 unspecified atom stereocenters. The van der Waals surface area contributed by atoms with Gasteiger partial charge in [-0.1, -0.05) is 12.1 Å². The van der Waals surface area contributed by atoms with E-state index in [0.717, 1.165) is 0 Å². The van der Waals surface area contributed by atoms with Crippen LogP contribution in [-0.2, 0) is 6.42 Å². The van der Waals surface area contributed by atoms with Crippen LogP contribution in [0.4, 0.5) is 0 Å². The summed E-state index contributed by atoms with van der Waals surface area (Å²) in [5.74, 6) is -0.979. The maximum absolute atomic E-state index is 10.7. The summed E-state index contributed by atoms with van der Waals surface area (Å²) in [6.07, 6.45) is 2.20. The minimum atomic E-state index is -1.03. The van der Waals surface area contributed by atoms with Crippen LogP contribution < -0.4 is 0 Å². The fourth-order valence-electron chi connectivity index (χ4n) is 1.31. The first-order valence-electron chi connectivity index (χ1n) is 4.23. The van der Waals surface area contributed by atoms with Crippen molar-refractivity contribution in [3.05, 3.63) is 41.5 Å². The van der Waals surface area contributed by atoms with Gasteiger partial charge in [0.15, 0.2) is 0 Å². The second-order valence-corrected chi connectivity index (χ2v) is 3.04. The summed E-state index contributed by atoms with van der Waals surface area (Å²) in [6.45, 7) is 5.15. The maximum atomic E-state index is 10.7. The van der Waals surface area contributed by atoms with E-state index in [1.807, 2.05) is 0 Å². The molecule has 0 atom stereocenters. The lowest BCUT2D eigenvalue weighted by molar-refractivity contribution is 0.0695. The van der Waals surface area contributed by atoms with Gasteiger partial charge in [0.2, 0.25) is 0 Å². The highest BCUT2D eigenvalue weighted by Crippen LogP contribution is 2.25. The molecule has 0 aliphatic carbocycles. The van der Waals surface area contributed by atoms with Crippen LogP contribution in [0.1, 0.15) is 21.5 Å². The molecule has 1 aromatic carbocycles. The predicted molar refractivity (Wildman–Crippen MR) is 53.7 cm³/mol. The third kappa shape index (κ3) is 1.76. The summed E-state index contributed by atoms with van der Waals surface area (Å²) in [7, 11) is 0. The summed E-state index contributed by atoms with van der Waals surface area (Å²) in [4.78, 5) is 10.7. The van der Waals surface area contributed by atoms with E-state index in [2.05, 4.69) is 6.58 Å². The summed E-state index contributed by atoms with van der Waals surface area (Å²) in [5.41, 5.74) is 1.23. The molecule has 0 heterocycles. The highest BCUT2D eigenvalue weighted by molar-refractivity contribution is 5.90. The van der Waals surface area contributed by atoms with Gasteiger partial charge in [-0.05, 0) is 25.0 Å². The molecule has 3 nitrogen and oxygen atoms in total. The van der Waals surface area contributed by atoms with Crippen molar-refractivity contribution >= 4 is 5.97 Å². The topological polar surface area (TPSA) is 57.5 Å². The van der Waals surface area contributed by atoms with E-state index in [9.17, 15) is 9.90 Å². The van der Waals surface area contributed by atoms with E-state index in [1.54, 1.807) is 19.1 Å². The average Bonchev–Trinajstić information content (AvgIpc) is 2.13. The van der Waals surface area contributed by atoms with Crippen LogP contribution in [0.2, 0.25) is 0 Å². The molecular weight excluding hydrogens is 180 g/mol. The number of aromatic carboxylic acids is 1. The minimum Gasteiger partial charge on any atom is -0.507 e. The molecule has 0 saturated carbocycles. The molecule has 74 valence electrons. The third-order valence-electron chi connectivity index (χ3n) is 2.11. The first-order valence-corrected chi connectivity index (χ1v) is 4.23. The summed E-state index contributed by atoms with van der Waals surface area (Å²) in [6, 6.07) is 3.10. The Kier molecular flexibility index (Phi) is 2.92. The Bertz CT molecular complexity index is 380. The number of carbonyl (C=O) groups is 1. The van der Waals surface area contributed by atoms with Crippen molar-refractivity contribution in [2.75, 3.05) is 0 Å². The summed E-state index contributed by atoms with van der Waals surface area (Å²) < 4.78 is 0. The lowest BCUT2D eigenvalue weighted by Gasteiger charge is -2.07. The Morgan fingerprint density at radius 3 is 2.71 bits per heavy atom. The average molecular weight is 192 g/mol. The van der Waals surface area contributed by atoms with Crippen LogP contribution in [0.3, 0.4) is 0 Å². The number of phenolic OH excluding ortho intramolecular Hbond substituents is 1. The molecule has 0 spiro atoms. The molecule has 14 heavy (non-hydrogen) atoms. The molecule has 0 radical (unpaired) electrons. The number of hydrogen-bond acceptors (Lipinski definition) is 2. The number of carboxylic acid groups (broad SMARTS) is 1. The van der Waals surface area contributed by atoms with Crippen molar-refractivity contribution < 1.29 is 15.0 Å². The first-order chi connectivity index (χ1) is 6.57. The fraction of sp³-hybridized carbons (Fsp3) is 0.182. The number of aromatic hydroxyl groups is 1. The van der Waals surface area contributed by atoms with E-state index in [0.29, 0.717) is 17.5 Å². The van der Waals surface area contributed by atoms with Gasteiger partial charge in [-0.25, -0.2) is 4.79 Å². The SMILES string of the molecule is C=CCc1ccc(C(=O)O)c(C)c1O. The van der Waals surface area contributed by atoms with Gasteiger partial charge in [0, 0.05) is 5.56 Å². The second kappa shape index (κ2) is 3.96. The van der Waals surface area contributed by atoms with Gasteiger partial charge in [-0.15, -0.1) is 6.58 Å². The van der Waals surface area contributed by atoms with Gasteiger partial charge in [-0.3, -0.25) is 0 Å². The molecule has 0 aliphatic heterocycles. The minimum absolute atomic E-state index is 0.0461. The number of hydrogen-bond donors (Lipinski definition) is 2. The molecule has 2 N–H and O–H groups in total. The van der Waals surface area contributed by atoms with Crippen molar-refractivity contribution in [1.82, 2.24) is 0 Å². The lowest BCUT2D eigenvalue weighted by Crippen LogP contribution is -2.00. The zero-order chi connectivity index (χ0) is 10.7. The Balaban J connectivity index is 3.25. The number of allylic oxidation sites excluding steroid dienone is 1. The Labute approximate surface area is 82.3 Å². The molecule has 1 aromatic rings. The molecule has 0 aliphatic rings. The molecule has 0 amide bonds. The monoisotopic (exact) mass is 192 g/mol. The van der Waals surface area contributed by atoms with Crippen LogP contribution in [-0.4, -0.2) is 16.2 Å². The molecule has 0 bridgehead atoms. The zero-order valence-electron chi connectivity index (χ0n) is 7.95. The predicted octanol–water partition coefficient (Wildman–Crippen LogP) is 2.13. The molecule has 0 saturated heterocycles. The van der Waals surface area contributed by atoms with Gasteiger partial charge >= 0.3 is 5.97 Å². The van der Waals surface area contributed by atoms with Crippen molar-refractivity contribution in [1.29, 1.82) is 0 Å². The molecular formula is C11H12O3. The molecule has 1 rings (SSSR count).